The molecule has 0 aliphatic carbocycles. The van der Waals surface area contributed by atoms with Crippen LogP contribution in [0.3, 0.4) is 0 Å². The van der Waals surface area contributed by atoms with Crippen molar-refractivity contribution in [3.8, 4) is 17.0 Å². The number of benzene rings is 1. The van der Waals surface area contributed by atoms with Gasteiger partial charge in [0, 0.05) is 11.6 Å². The highest BCUT2D eigenvalue weighted by Crippen LogP contribution is 2.29. The van der Waals surface area contributed by atoms with Crippen molar-refractivity contribution in [2.24, 2.45) is 0 Å². The zero-order valence-electron chi connectivity index (χ0n) is 8.45. The predicted molar refractivity (Wildman–Crippen MR) is 64.0 cm³/mol. The molecule has 0 unspecified atom stereocenters. The number of nitrogens with zero attached hydrogens (tertiary/aromatic N) is 2. The first kappa shape index (κ1) is 11.2. The van der Waals surface area contributed by atoms with Gasteiger partial charge in [-0.05, 0) is 23.7 Å². The van der Waals surface area contributed by atoms with Gasteiger partial charge in [-0.2, -0.15) is 0 Å². The Morgan fingerprint density at radius 1 is 1.12 bits per heavy atom. The van der Waals surface area contributed by atoms with E-state index in [9.17, 15) is 0 Å². The number of halogens is 2. The highest BCUT2D eigenvalue weighted by atomic mass is 35.5. The van der Waals surface area contributed by atoms with Gasteiger partial charge in [-0.15, -0.1) is 0 Å². The van der Waals surface area contributed by atoms with E-state index in [-0.39, 0.29) is 5.28 Å². The van der Waals surface area contributed by atoms with E-state index in [0.717, 1.165) is 5.56 Å². The SMILES string of the molecule is COc1ccccc1-c1cc(Cl)nc(Cl)n1. The summed E-state index contributed by atoms with van der Waals surface area (Å²) in [5.41, 5.74) is 1.47. The summed E-state index contributed by atoms with van der Waals surface area (Å²) in [5, 5.41) is 0.425. The van der Waals surface area contributed by atoms with Gasteiger partial charge in [0.15, 0.2) is 0 Å². The molecule has 1 aromatic carbocycles. The molecular formula is C11H8Cl2N2O. The summed E-state index contributed by atoms with van der Waals surface area (Å²) >= 11 is 11.6. The molecule has 0 spiro atoms. The van der Waals surface area contributed by atoms with E-state index < -0.39 is 0 Å². The van der Waals surface area contributed by atoms with Crippen molar-refractivity contribution in [3.63, 3.8) is 0 Å². The second-order valence-electron chi connectivity index (χ2n) is 3.05. The van der Waals surface area contributed by atoms with E-state index >= 15 is 0 Å². The van der Waals surface area contributed by atoms with E-state index in [2.05, 4.69) is 9.97 Å². The van der Waals surface area contributed by atoms with E-state index in [1.165, 1.54) is 0 Å². The third-order valence-electron chi connectivity index (χ3n) is 2.05. The van der Waals surface area contributed by atoms with Crippen LogP contribution in [-0.2, 0) is 0 Å². The van der Waals surface area contributed by atoms with Crippen LogP contribution in [0.5, 0.6) is 5.75 Å². The van der Waals surface area contributed by atoms with Gasteiger partial charge >= 0.3 is 0 Å². The Labute approximate surface area is 103 Å². The number of aromatic nitrogens is 2. The Morgan fingerprint density at radius 2 is 1.88 bits per heavy atom. The van der Waals surface area contributed by atoms with Gasteiger partial charge in [0.2, 0.25) is 5.28 Å². The summed E-state index contributed by atoms with van der Waals surface area (Å²) < 4.78 is 5.23. The molecule has 1 aromatic heterocycles. The first-order valence-electron chi connectivity index (χ1n) is 4.54. The van der Waals surface area contributed by atoms with Gasteiger partial charge in [-0.1, -0.05) is 23.7 Å². The summed E-state index contributed by atoms with van der Waals surface area (Å²) in [4.78, 5) is 7.90. The van der Waals surface area contributed by atoms with Crippen LogP contribution in [0, 0.1) is 0 Å². The van der Waals surface area contributed by atoms with E-state index in [1.807, 2.05) is 24.3 Å². The molecule has 0 amide bonds. The van der Waals surface area contributed by atoms with Crippen molar-refractivity contribution in [2.75, 3.05) is 7.11 Å². The minimum atomic E-state index is 0.119. The van der Waals surface area contributed by atoms with Gasteiger partial charge in [0.25, 0.3) is 0 Å². The molecule has 0 saturated heterocycles. The average Bonchev–Trinajstić information content (AvgIpc) is 2.27. The molecule has 0 aliphatic rings. The third kappa shape index (κ3) is 2.26. The maximum Gasteiger partial charge on any atom is 0.224 e. The van der Waals surface area contributed by atoms with Crippen LogP contribution in [0.25, 0.3) is 11.3 Å². The molecule has 16 heavy (non-hydrogen) atoms. The van der Waals surface area contributed by atoms with Crippen molar-refractivity contribution < 1.29 is 4.74 Å². The summed E-state index contributed by atoms with van der Waals surface area (Å²) in [6.07, 6.45) is 0. The fourth-order valence-corrected chi connectivity index (χ4v) is 1.79. The smallest absolute Gasteiger partial charge is 0.224 e. The third-order valence-corrected chi connectivity index (χ3v) is 2.41. The minimum Gasteiger partial charge on any atom is -0.496 e. The van der Waals surface area contributed by atoms with Gasteiger partial charge in [0.05, 0.1) is 12.8 Å². The topological polar surface area (TPSA) is 35.0 Å². The van der Waals surface area contributed by atoms with Crippen molar-refractivity contribution in [3.05, 3.63) is 40.8 Å². The maximum atomic E-state index is 5.82. The maximum absolute atomic E-state index is 5.82. The number of para-hydroxylation sites is 1. The van der Waals surface area contributed by atoms with Gasteiger partial charge in [-0.3, -0.25) is 0 Å². The normalized spacial score (nSPS) is 10.2. The van der Waals surface area contributed by atoms with Crippen LogP contribution in [0.15, 0.2) is 30.3 Å². The van der Waals surface area contributed by atoms with Gasteiger partial charge < -0.3 is 4.74 Å². The average molecular weight is 255 g/mol. The van der Waals surface area contributed by atoms with E-state index in [0.29, 0.717) is 16.6 Å². The molecule has 0 aliphatic heterocycles. The number of rotatable bonds is 2. The molecule has 82 valence electrons. The van der Waals surface area contributed by atoms with Gasteiger partial charge in [0.1, 0.15) is 10.9 Å². The molecule has 3 nitrogen and oxygen atoms in total. The van der Waals surface area contributed by atoms with Crippen molar-refractivity contribution in [1.82, 2.24) is 9.97 Å². The zero-order valence-corrected chi connectivity index (χ0v) is 9.96. The molecule has 1 heterocycles. The Hall–Kier alpha value is -1.32. The Bertz CT molecular complexity index is 497. The van der Waals surface area contributed by atoms with Crippen LogP contribution >= 0.6 is 23.2 Å². The lowest BCUT2D eigenvalue weighted by Gasteiger charge is -2.07. The fourth-order valence-electron chi connectivity index (χ4n) is 1.38. The van der Waals surface area contributed by atoms with Crippen molar-refractivity contribution >= 4 is 23.2 Å². The largest absolute Gasteiger partial charge is 0.496 e. The first-order chi connectivity index (χ1) is 7.70. The van der Waals surface area contributed by atoms with Crippen molar-refractivity contribution in [2.45, 2.75) is 0 Å². The zero-order chi connectivity index (χ0) is 11.5. The number of methoxy groups -OCH3 is 1. The van der Waals surface area contributed by atoms with Crippen LogP contribution in [0.2, 0.25) is 10.4 Å². The minimum absolute atomic E-state index is 0.119. The standard InChI is InChI=1S/C11H8Cl2N2O/c1-16-9-5-3-2-4-7(9)8-6-10(12)15-11(13)14-8/h2-6H,1H3. The molecule has 0 N–H and O–H groups in total. The number of hydrogen-bond acceptors (Lipinski definition) is 3. The molecule has 0 fully saturated rings. The van der Waals surface area contributed by atoms with Gasteiger partial charge in [-0.25, -0.2) is 9.97 Å². The summed E-state index contributed by atoms with van der Waals surface area (Å²) in [6, 6.07) is 9.15. The molecule has 0 bridgehead atoms. The van der Waals surface area contributed by atoms with Crippen molar-refractivity contribution in [1.29, 1.82) is 0 Å². The monoisotopic (exact) mass is 254 g/mol. The Morgan fingerprint density at radius 3 is 2.56 bits per heavy atom. The second kappa shape index (κ2) is 4.68. The lowest BCUT2D eigenvalue weighted by Crippen LogP contribution is -1.92. The van der Waals surface area contributed by atoms with E-state index in [4.69, 9.17) is 27.9 Å². The second-order valence-corrected chi connectivity index (χ2v) is 3.77. The molecule has 2 rings (SSSR count). The number of ether oxygens (including phenoxy) is 1. The molecular weight excluding hydrogens is 247 g/mol. The Balaban J connectivity index is 2.58. The summed E-state index contributed by atoms with van der Waals surface area (Å²) in [5.74, 6) is 0.716. The molecule has 5 heteroatoms. The highest BCUT2D eigenvalue weighted by molar-refractivity contribution is 6.32. The molecule has 0 saturated carbocycles. The summed E-state index contributed by atoms with van der Waals surface area (Å²) in [7, 11) is 1.60. The van der Waals surface area contributed by atoms with E-state index in [1.54, 1.807) is 13.2 Å². The quantitative estimate of drug-likeness (QED) is 0.608. The lowest BCUT2D eigenvalue weighted by molar-refractivity contribution is 0.416. The molecule has 0 atom stereocenters. The van der Waals surface area contributed by atoms with Crippen LogP contribution in [-0.4, -0.2) is 17.1 Å². The Kier molecular flexibility index (Phi) is 3.27. The first-order valence-corrected chi connectivity index (χ1v) is 5.30. The summed E-state index contributed by atoms with van der Waals surface area (Å²) in [6.45, 7) is 0. The predicted octanol–water partition coefficient (Wildman–Crippen LogP) is 3.46. The molecule has 0 radical (unpaired) electrons. The van der Waals surface area contributed by atoms with Crippen LogP contribution in [0.4, 0.5) is 0 Å². The highest BCUT2D eigenvalue weighted by Gasteiger charge is 2.08. The fraction of sp³-hybridized carbons (Fsp3) is 0.0909. The van der Waals surface area contributed by atoms with Crippen LogP contribution < -0.4 is 4.74 Å². The molecule has 2 aromatic rings. The van der Waals surface area contributed by atoms with Crippen LogP contribution in [0.1, 0.15) is 0 Å². The lowest BCUT2D eigenvalue weighted by atomic mass is 10.1. The number of hydrogen-bond donors (Lipinski definition) is 0.